The van der Waals surface area contributed by atoms with Crippen LogP contribution >= 0.6 is 0 Å². The highest BCUT2D eigenvalue weighted by atomic mass is 16.1. The fraction of sp³-hybridized carbons (Fsp3) is 0.462. The molecule has 3 nitrogen and oxygen atoms in total. The summed E-state index contributed by atoms with van der Waals surface area (Å²) in [6.45, 7) is 8.06. The summed E-state index contributed by atoms with van der Waals surface area (Å²) in [6, 6.07) is 6.02. The first-order valence-corrected chi connectivity index (χ1v) is 5.73. The van der Waals surface area contributed by atoms with Gasteiger partial charge in [0.2, 0.25) is 6.08 Å². The fourth-order valence-corrected chi connectivity index (χ4v) is 1.86. The second-order valence-electron chi connectivity index (χ2n) is 3.51. The smallest absolute Gasteiger partial charge is 0.240 e. The minimum absolute atomic E-state index is 0.767. The number of para-hydroxylation sites is 1. The lowest BCUT2D eigenvalue weighted by molar-refractivity contribution is 0.565. The van der Waals surface area contributed by atoms with Gasteiger partial charge in [0.05, 0.1) is 5.69 Å². The van der Waals surface area contributed by atoms with Gasteiger partial charge in [-0.05, 0) is 31.9 Å². The van der Waals surface area contributed by atoms with Crippen molar-refractivity contribution in [1.29, 1.82) is 0 Å². The molecule has 0 atom stereocenters. The number of carbonyl (C=O) groups excluding carboxylic acids is 1. The van der Waals surface area contributed by atoms with Crippen LogP contribution in [0.1, 0.15) is 26.3 Å². The van der Waals surface area contributed by atoms with E-state index >= 15 is 0 Å². The summed E-state index contributed by atoms with van der Waals surface area (Å²) in [5.41, 5.74) is 2.88. The maximum absolute atomic E-state index is 10.5. The van der Waals surface area contributed by atoms with E-state index in [2.05, 4.69) is 30.7 Å². The molecule has 0 aliphatic heterocycles. The van der Waals surface area contributed by atoms with Crippen LogP contribution < -0.4 is 4.90 Å². The molecule has 1 aromatic carbocycles. The molecule has 0 unspecified atom stereocenters. The zero-order valence-electron chi connectivity index (χ0n) is 10.2. The van der Waals surface area contributed by atoms with E-state index in [0.717, 1.165) is 36.4 Å². The first kappa shape index (κ1) is 12.5. The summed E-state index contributed by atoms with van der Waals surface area (Å²) >= 11 is 0. The van der Waals surface area contributed by atoms with Crippen molar-refractivity contribution in [1.82, 2.24) is 0 Å². The van der Waals surface area contributed by atoms with Crippen LogP contribution in [0.3, 0.4) is 0 Å². The highest BCUT2D eigenvalue weighted by Crippen LogP contribution is 2.32. The number of anilines is 1. The molecule has 86 valence electrons. The number of nitrogens with zero attached hydrogens (tertiary/aromatic N) is 2. The maximum atomic E-state index is 10.5. The van der Waals surface area contributed by atoms with E-state index in [0.29, 0.717) is 0 Å². The summed E-state index contributed by atoms with van der Waals surface area (Å²) in [7, 11) is 0. The van der Waals surface area contributed by atoms with Crippen LogP contribution in [0.15, 0.2) is 23.2 Å². The van der Waals surface area contributed by atoms with E-state index in [4.69, 9.17) is 0 Å². The van der Waals surface area contributed by atoms with Gasteiger partial charge >= 0.3 is 0 Å². The lowest BCUT2D eigenvalue weighted by Gasteiger charge is -2.23. The third-order valence-corrected chi connectivity index (χ3v) is 2.74. The Labute approximate surface area is 96.8 Å². The summed E-state index contributed by atoms with van der Waals surface area (Å²) in [5.74, 6) is 0. The molecule has 0 aliphatic carbocycles. The Morgan fingerprint density at radius 3 is 2.44 bits per heavy atom. The Morgan fingerprint density at radius 1 is 1.25 bits per heavy atom. The van der Waals surface area contributed by atoms with Gasteiger partial charge in [0.15, 0.2) is 0 Å². The summed E-state index contributed by atoms with van der Waals surface area (Å²) < 4.78 is 0. The number of hydrogen-bond acceptors (Lipinski definition) is 3. The SMILES string of the molecule is CCc1cccc(N(CC)CC)c1N=C=O. The van der Waals surface area contributed by atoms with Gasteiger partial charge in [0.1, 0.15) is 5.69 Å². The normalized spacial score (nSPS) is 9.69. The molecule has 0 amide bonds. The van der Waals surface area contributed by atoms with Crippen molar-refractivity contribution < 1.29 is 4.79 Å². The fourth-order valence-electron chi connectivity index (χ4n) is 1.86. The molecule has 0 fully saturated rings. The standard InChI is InChI=1S/C13H18N2O/c1-4-11-8-7-9-12(13(11)14-10-16)15(5-2)6-3/h7-9H,4-6H2,1-3H3. The van der Waals surface area contributed by atoms with E-state index in [-0.39, 0.29) is 0 Å². The first-order valence-electron chi connectivity index (χ1n) is 5.73. The molecule has 1 rings (SSSR count). The van der Waals surface area contributed by atoms with Crippen molar-refractivity contribution in [2.75, 3.05) is 18.0 Å². The molecule has 0 bridgehead atoms. The van der Waals surface area contributed by atoms with E-state index in [1.807, 2.05) is 18.2 Å². The summed E-state index contributed by atoms with van der Waals surface area (Å²) in [6.07, 6.45) is 2.52. The van der Waals surface area contributed by atoms with Crippen molar-refractivity contribution in [3.63, 3.8) is 0 Å². The Hall–Kier alpha value is -1.60. The van der Waals surface area contributed by atoms with Gasteiger partial charge in [-0.25, -0.2) is 4.79 Å². The minimum Gasteiger partial charge on any atom is -0.370 e. The molecule has 0 heterocycles. The summed E-state index contributed by atoms with van der Waals surface area (Å²) in [4.78, 5) is 16.5. The lowest BCUT2D eigenvalue weighted by atomic mass is 10.1. The molecular formula is C13H18N2O. The average molecular weight is 218 g/mol. The first-order chi connectivity index (χ1) is 7.78. The van der Waals surface area contributed by atoms with Crippen LogP contribution in [-0.4, -0.2) is 19.2 Å². The number of isocyanates is 1. The van der Waals surface area contributed by atoms with E-state index in [1.54, 1.807) is 6.08 Å². The minimum atomic E-state index is 0.767. The van der Waals surface area contributed by atoms with Gasteiger partial charge in [-0.3, -0.25) is 0 Å². The Balaban J connectivity index is 3.31. The number of rotatable bonds is 5. The van der Waals surface area contributed by atoms with Crippen molar-refractivity contribution in [3.05, 3.63) is 23.8 Å². The quantitative estimate of drug-likeness (QED) is 0.562. The molecule has 0 radical (unpaired) electrons. The molecule has 0 saturated heterocycles. The van der Waals surface area contributed by atoms with Crippen molar-refractivity contribution in [3.8, 4) is 0 Å². The second kappa shape index (κ2) is 6.09. The van der Waals surface area contributed by atoms with Crippen LogP contribution in [0.2, 0.25) is 0 Å². The van der Waals surface area contributed by atoms with Gasteiger partial charge < -0.3 is 4.90 Å². The van der Waals surface area contributed by atoms with E-state index in [9.17, 15) is 4.79 Å². The Kier molecular flexibility index (Phi) is 4.74. The topological polar surface area (TPSA) is 32.7 Å². The molecule has 1 aromatic rings. The second-order valence-corrected chi connectivity index (χ2v) is 3.51. The number of aliphatic imine (C=N–C) groups is 1. The van der Waals surface area contributed by atoms with Crippen LogP contribution in [0.5, 0.6) is 0 Å². The Morgan fingerprint density at radius 2 is 1.94 bits per heavy atom. The summed E-state index contributed by atoms with van der Waals surface area (Å²) in [5, 5.41) is 0. The molecule has 16 heavy (non-hydrogen) atoms. The maximum Gasteiger partial charge on any atom is 0.240 e. The number of hydrogen-bond donors (Lipinski definition) is 0. The molecule has 0 aliphatic rings. The average Bonchev–Trinajstić information content (AvgIpc) is 2.32. The molecule has 0 spiro atoms. The molecule has 3 heteroatoms. The highest BCUT2D eigenvalue weighted by Gasteiger charge is 2.10. The monoisotopic (exact) mass is 218 g/mol. The highest BCUT2D eigenvalue weighted by molar-refractivity contribution is 5.73. The van der Waals surface area contributed by atoms with Crippen LogP contribution in [-0.2, 0) is 11.2 Å². The zero-order valence-corrected chi connectivity index (χ0v) is 10.2. The van der Waals surface area contributed by atoms with Gasteiger partial charge in [-0.15, -0.1) is 0 Å². The van der Waals surface area contributed by atoms with Gasteiger partial charge in [0, 0.05) is 13.1 Å². The van der Waals surface area contributed by atoms with Gasteiger partial charge in [-0.2, -0.15) is 4.99 Å². The van der Waals surface area contributed by atoms with Crippen LogP contribution in [0.4, 0.5) is 11.4 Å². The van der Waals surface area contributed by atoms with Gasteiger partial charge in [-0.1, -0.05) is 19.1 Å². The van der Waals surface area contributed by atoms with Gasteiger partial charge in [0.25, 0.3) is 0 Å². The van der Waals surface area contributed by atoms with Crippen LogP contribution in [0, 0.1) is 0 Å². The number of benzene rings is 1. The molecule has 0 N–H and O–H groups in total. The Bertz CT molecular complexity index is 391. The molecule has 0 aromatic heterocycles. The largest absolute Gasteiger partial charge is 0.370 e. The molecular weight excluding hydrogens is 200 g/mol. The van der Waals surface area contributed by atoms with Crippen molar-refractivity contribution >= 4 is 17.5 Å². The third kappa shape index (κ3) is 2.50. The third-order valence-electron chi connectivity index (χ3n) is 2.74. The lowest BCUT2D eigenvalue weighted by Crippen LogP contribution is -2.22. The predicted octanol–water partition coefficient (Wildman–Crippen LogP) is 3.06. The van der Waals surface area contributed by atoms with Crippen LogP contribution in [0.25, 0.3) is 0 Å². The number of aryl methyl sites for hydroxylation is 1. The van der Waals surface area contributed by atoms with E-state index in [1.165, 1.54) is 0 Å². The van der Waals surface area contributed by atoms with Crippen molar-refractivity contribution in [2.45, 2.75) is 27.2 Å². The van der Waals surface area contributed by atoms with Crippen molar-refractivity contribution in [2.24, 2.45) is 4.99 Å². The zero-order chi connectivity index (χ0) is 12.0. The molecule has 0 saturated carbocycles. The van der Waals surface area contributed by atoms with E-state index < -0.39 is 0 Å². The predicted molar refractivity (Wildman–Crippen MR) is 67.2 cm³/mol.